The van der Waals surface area contributed by atoms with Crippen molar-refractivity contribution in [2.24, 2.45) is 0 Å². The number of nitrogens with one attached hydrogen (secondary N) is 1. The summed E-state index contributed by atoms with van der Waals surface area (Å²) < 4.78 is 12.8. The minimum atomic E-state index is -0.544. The molecule has 0 aliphatic rings. The molecule has 0 unspecified atom stereocenters. The lowest BCUT2D eigenvalue weighted by molar-refractivity contribution is -0.147. The molecule has 0 aliphatic carbocycles. The van der Waals surface area contributed by atoms with Crippen LogP contribution in [0.3, 0.4) is 0 Å². The van der Waals surface area contributed by atoms with Crippen LogP contribution in [0.5, 0.6) is 0 Å². The first kappa shape index (κ1) is 25.5. The van der Waals surface area contributed by atoms with E-state index in [0.717, 1.165) is 27.9 Å². The summed E-state index contributed by atoms with van der Waals surface area (Å²) in [5.74, 6) is 0.374. The Morgan fingerprint density at radius 3 is 2.51 bits per heavy atom. The van der Waals surface area contributed by atoms with Crippen molar-refractivity contribution in [3.8, 4) is 17.4 Å². The summed E-state index contributed by atoms with van der Waals surface area (Å²) in [6.45, 7) is 5.79. The van der Waals surface area contributed by atoms with Gasteiger partial charge < -0.3 is 19.0 Å². The number of esters is 1. The van der Waals surface area contributed by atoms with Gasteiger partial charge in [-0.1, -0.05) is 60.2 Å². The molecule has 0 bridgehead atoms. The first-order valence-electron chi connectivity index (χ1n) is 12.0. The van der Waals surface area contributed by atoms with Crippen LogP contribution in [0.4, 0.5) is 5.82 Å². The second kappa shape index (κ2) is 11.4. The molecule has 8 heteroatoms. The van der Waals surface area contributed by atoms with E-state index in [-0.39, 0.29) is 12.8 Å². The van der Waals surface area contributed by atoms with Gasteiger partial charge in [0.1, 0.15) is 11.9 Å². The summed E-state index contributed by atoms with van der Waals surface area (Å²) in [6.07, 6.45) is 1.90. The number of rotatable bonds is 9. The van der Waals surface area contributed by atoms with Crippen molar-refractivity contribution < 1.29 is 18.7 Å². The summed E-state index contributed by atoms with van der Waals surface area (Å²) >= 11 is 0. The van der Waals surface area contributed by atoms with Crippen molar-refractivity contribution in [3.63, 3.8) is 0 Å². The van der Waals surface area contributed by atoms with Crippen LogP contribution in [-0.2, 0) is 27.3 Å². The Morgan fingerprint density at radius 1 is 1.08 bits per heavy atom. The first-order chi connectivity index (χ1) is 17.9. The molecule has 8 nitrogen and oxygen atoms in total. The summed E-state index contributed by atoms with van der Waals surface area (Å²) in [6, 6.07) is 19.8. The largest absolute Gasteiger partial charge is 0.456 e. The average Bonchev–Trinajstić information content (AvgIpc) is 3.46. The lowest BCUT2D eigenvalue weighted by Crippen LogP contribution is -2.23. The van der Waals surface area contributed by atoms with Crippen molar-refractivity contribution in [3.05, 3.63) is 94.6 Å². The number of carbonyl (C=O) groups is 2. The Bertz CT molecular complexity index is 1440. The van der Waals surface area contributed by atoms with Gasteiger partial charge in [-0.15, -0.1) is 0 Å². The Balaban J connectivity index is 1.33. The van der Waals surface area contributed by atoms with E-state index in [1.165, 1.54) is 0 Å². The van der Waals surface area contributed by atoms with Crippen LogP contribution in [-0.4, -0.2) is 28.0 Å². The van der Waals surface area contributed by atoms with Gasteiger partial charge in [0.15, 0.2) is 18.3 Å². The number of nitriles is 1. The highest BCUT2D eigenvalue weighted by Gasteiger charge is 2.20. The summed E-state index contributed by atoms with van der Waals surface area (Å²) in [5.41, 5.74) is 5.15. The maximum Gasteiger partial charge on any atom is 0.306 e. The van der Waals surface area contributed by atoms with E-state index < -0.39 is 18.5 Å². The van der Waals surface area contributed by atoms with E-state index in [9.17, 15) is 14.9 Å². The highest BCUT2D eigenvalue weighted by Crippen LogP contribution is 2.27. The number of aromatic nitrogens is 2. The normalized spacial score (nSPS) is 10.6. The van der Waals surface area contributed by atoms with Crippen molar-refractivity contribution in [1.29, 1.82) is 5.26 Å². The molecule has 37 heavy (non-hydrogen) atoms. The third-order valence-corrected chi connectivity index (χ3v) is 6.18. The Hall–Kier alpha value is -4.64. The molecule has 1 N–H and O–H groups in total. The number of hydrogen-bond donors (Lipinski definition) is 1. The predicted molar refractivity (Wildman–Crippen MR) is 139 cm³/mol. The predicted octanol–water partition coefficient (Wildman–Crippen LogP) is 5.10. The highest BCUT2D eigenvalue weighted by atomic mass is 16.5. The molecule has 4 aromatic rings. The van der Waals surface area contributed by atoms with Crippen molar-refractivity contribution in [1.82, 2.24) is 9.55 Å². The number of aryl methyl sites for hydroxylation is 2. The SMILES string of the molecule is Cc1ccc(-c2cnc(CCC(=O)OCC(=O)Nc3c(C#N)c(C)c(C)n3Cc3ccccc3)o2)cc1. The lowest BCUT2D eigenvalue weighted by Gasteiger charge is -2.13. The summed E-state index contributed by atoms with van der Waals surface area (Å²) in [5, 5.41) is 12.4. The fourth-order valence-corrected chi connectivity index (χ4v) is 3.97. The van der Waals surface area contributed by atoms with Gasteiger partial charge in [0.2, 0.25) is 0 Å². The van der Waals surface area contributed by atoms with Gasteiger partial charge in [-0.3, -0.25) is 9.59 Å². The first-order valence-corrected chi connectivity index (χ1v) is 12.0. The smallest absolute Gasteiger partial charge is 0.306 e. The lowest BCUT2D eigenvalue weighted by atomic mass is 10.1. The second-order valence-corrected chi connectivity index (χ2v) is 8.81. The minimum Gasteiger partial charge on any atom is -0.456 e. The average molecular weight is 497 g/mol. The molecule has 0 fully saturated rings. The van der Waals surface area contributed by atoms with Crippen LogP contribution >= 0.6 is 0 Å². The highest BCUT2D eigenvalue weighted by molar-refractivity contribution is 5.93. The second-order valence-electron chi connectivity index (χ2n) is 8.81. The topological polar surface area (TPSA) is 110 Å². The Kier molecular flexibility index (Phi) is 7.84. The molecule has 2 aromatic carbocycles. The Labute approximate surface area is 215 Å². The number of amides is 1. The zero-order chi connectivity index (χ0) is 26.4. The fraction of sp³-hybridized carbons (Fsp3) is 0.241. The van der Waals surface area contributed by atoms with E-state index in [0.29, 0.717) is 29.6 Å². The van der Waals surface area contributed by atoms with Gasteiger partial charge in [-0.2, -0.15) is 5.26 Å². The standard InChI is InChI=1S/C29H28N4O4/c1-19-9-11-23(12-10-19)25-16-31-27(37-25)13-14-28(35)36-18-26(34)32-29-24(15-30)20(2)21(3)33(29)17-22-7-5-4-6-8-22/h4-12,16H,13-14,17-18H2,1-3H3,(H,32,34). The van der Waals surface area contributed by atoms with Gasteiger partial charge in [0.25, 0.3) is 5.91 Å². The van der Waals surface area contributed by atoms with E-state index in [1.54, 1.807) is 6.20 Å². The maximum absolute atomic E-state index is 12.6. The molecular formula is C29H28N4O4. The van der Waals surface area contributed by atoms with E-state index >= 15 is 0 Å². The number of anilines is 1. The van der Waals surface area contributed by atoms with E-state index in [1.807, 2.05) is 79.9 Å². The van der Waals surface area contributed by atoms with Crippen LogP contribution in [0, 0.1) is 32.1 Å². The third-order valence-electron chi connectivity index (χ3n) is 6.18. The number of ether oxygens (including phenoxy) is 1. The van der Waals surface area contributed by atoms with Gasteiger partial charge in [0, 0.05) is 24.2 Å². The van der Waals surface area contributed by atoms with Crippen molar-refractivity contribution in [2.45, 2.75) is 40.2 Å². The fourth-order valence-electron chi connectivity index (χ4n) is 3.97. The molecule has 2 aromatic heterocycles. The molecule has 0 radical (unpaired) electrons. The van der Waals surface area contributed by atoms with Crippen LogP contribution in [0.1, 0.15) is 40.3 Å². The molecule has 0 spiro atoms. The van der Waals surface area contributed by atoms with Crippen LogP contribution < -0.4 is 5.32 Å². The summed E-state index contributed by atoms with van der Waals surface area (Å²) in [7, 11) is 0. The minimum absolute atomic E-state index is 0.0210. The molecule has 188 valence electrons. The van der Waals surface area contributed by atoms with Crippen LogP contribution in [0.2, 0.25) is 0 Å². The number of nitrogens with zero attached hydrogens (tertiary/aromatic N) is 3. The molecule has 4 rings (SSSR count). The number of benzene rings is 2. The van der Waals surface area contributed by atoms with E-state index in [4.69, 9.17) is 9.15 Å². The molecule has 1 amide bonds. The number of hydrogen-bond acceptors (Lipinski definition) is 6. The maximum atomic E-state index is 12.6. The van der Waals surface area contributed by atoms with E-state index in [2.05, 4.69) is 16.4 Å². The zero-order valence-electron chi connectivity index (χ0n) is 21.1. The van der Waals surface area contributed by atoms with Crippen molar-refractivity contribution >= 4 is 17.7 Å². The van der Waals surface area contributed by atoms with Gasteiger partial charge in [-0.25, -0.2) is 4.98 Å². The van der Waals surface area contributed by atoms with Crippen LogP contribution in [0.15, 0.2) is 65.2 Å². The molecule has 2 heterocycles. The zero-order valence-corrected chi connectivity index (χ0v) is 21.1. The van der Waals surface area contributed by atoms with Gasteiger partial charge in [-0.05, 0) is 31.9 Å². The number of oxazole rings is 1. The summed E-state index contributed by atoms with van der Waals surface area (Å²) in [4.78, 5) is 29.1. The van der Waals surface area contributed by atoms with Gasteiger partial charge >= 0.3 is 5.97 Å². The van der Waals surface area contributed by atoms with Crippen LogP contribution in [0.25, 0.3) is 11.3 Å². The monoisotopic (exact) mass is 496 g/mol. The number of carbonyl (C=O) groups excluding carboxylic acids is 2. The molecule has 0 atom stereocenters. The quantitative estimate of drug-likeness (QED) is 0.323. The molecule has 0 saturated carbocycles. The third kappa shape index (κ3) is 6.14. The van der Waals surface area contributed by atoms with Crippen molar-refractivity contribution in [2.75, 3.05) is 11.9 Å². The molecular weight excluding hydrogens is 468 g/mol. The molecule has 0 saturated heterocycles. The molecule has 0 aliphatic heterocycles. The Morgan fingerprint density at radius 2 is 1.81 bits per heavy atom. The van der Waals surface area contributed by atoms with Gasteiger partial charge in [0.05, 0.1) is 18.2 Å².